The Labute approximate surface area is 156 Å². The summed E-state index contributed by atoms with van der Waals surface area (Å²) in [7, 11) is 2.14. The van der Waals surface area contributed by atoms with Crippen LogP contribution < -0.4 is 0 Å². The lowest BCUT2D eigenvalue weighted by Gasteiger charge is -2.32. The van der Waals surface area contributed by atoms with Crippen molar-refractivity contribution in [3.8, 4) is 0 Å². The zero-order valence-electron chi connectivity index (χ0n) is 16.1. The van der Waals surface area contributed by atoms with Gasteiger partial charge in [0.1, 0.15) is 5.82 Å². The topological polar surface area (TPSA) is 37.2 Å². The van der Waals surface area contributed by atoms with Crippen LogP contribution in [0.2, 0.25) is 0 Å². The molecule has 3 rings (SSSR count). The Hall–Kier alpha value is -0.850. The van der Waals surface area contributed by atoms with Crippen LogP contribution in [0.3, 0.4) is 0 Å². The summed E-state index contributed by atoms with van der Waals surface area (Å²) in [5.74, 6) is 2.80. The van der Waals surface area contributed by atoms with Crippen LogP contribution in [0.1, 0.15) is 51.3 Å². The van der Waals surface area contributed by atoms with Gasteiger partial charge < -0.3 is 9.47 Å². The molecular formula is C19H33N5S. The average Bonchev–Trinajstić information content (AvgIpc) is 3.26. The monoisotopic (exact) mass is 363 g/mol. The molecule has 3 heterocycles. The maximum absolute atomic E-state index is 4.56. The minimum atomic E-state index is 0.517. The van der Waals surface area contributed by atoms with Crippen LogP contribution in [0.5, 0.6) is 0 Å². The van der Waals surface area contributed by atoms with E-state index in [0.29, 0.717) is 5.92 Å². The quantitative estimate of drug-likeness (QED) is 0.549. The number of allylic oxidation sites excluding steroid dienone is 1. The van der Waals surface area contributed by atoms with Gasteiger partial charge >= 0.3 is 0 Å². The molecule has 1 aromatic rings. The first kappa shape index (κ1) is 18.9. The number of rotatable bonds is 7. The van der Waals surface area contributed by atoms with E-state index in [-0.39, 0.29) is 0 Å². The summed E-state index contributed by atoms with van der Waals surface area (Å²) in [6, 6.07) is 0. The first-order valence-corrected chi connectivity index (χ1v) is 10.7. The van der Waals surface area contributed by atoms with E-state index >= 15 is 0 Å². The van der Waals surface area contributed by atoms with Crippen LogP contribution in [0.4, 0.5) is 0 Å². The summed E-state index contributed by atoms with van der Waals surface area (Å²) in [6.07, 6.45) is 7.44. The summed E-state index contributed by atoms with van der Waals surface area (Å²) in [5, 5.41) is 10.1. The highest BCUT2D eigenvalue weighted by atomic mass is 32.2. The molecule has 0 radical (unpaired) electrons. The molecule has 2 fully saturated rings. The Kier molecular flexibility index (Phi) is 6.96. The standard InChI is InChI=1S/C19H33N5S/c1-4-16(2)14-24-11-7-8-17(15-24)18-20-21-19(22(18)3)25-13-12-23-9-5-6-10-23/h4,17H,5-15H2,1-3H3. The first-order chi connectivity index (χ1) is 12.2. The predicted molar refractivity (Wildman–Crippen MR) is 105 cm³/mol. The maximum Gasteiger partial charge on any atom is 0.191 e. The van der Waals surface area contributed by atoms with Gasteiger partial charge in [0.2, 0.25) is 0 Å². The van der Waals surface area contributed by atoms with Gasteiger partial charge in [0, 0.05) is 38.4 Å². The third-order valence-corrected chi connectivity index (χ3v) is 6.54. The zero-order valence-corrected chi connectivity index (χ0v) is 16.9. The van der Waals surface area contributed by atoms with Crippen molar-refractivity contribution < 1.29 is 0 Å². The molecule has 0 aromatic carbocycles. The number of hydrogen-bond donors (Lipinski definition) is 0. The van der Waals surface area contributed by atoms with Crippen molar-refractivity contribution in [3.63, 3.8) is 0 Å². The number of nitrogens with zero attached hydrogens (tertiary/aromatic N) is 5. The average molecular weight is 364 g/mol. The third kappa shape index (κ3) is 5.08. The fourth-order valence-corrected chi connectivity index (χ4v) is 4.85. The number of thioether (sulfide) groups is 1. The molecule has 0 bridgehead atoms. The second kappa shape index (κ2) is 9.19. The first-order valence-electron chi connectivity index (χ1n) is 9.76. The van der Waals surface area contributed by atoms with Crippen LogP contribution in [0.15, 0.2) is 16.8 Å². The summed E-state index contributed by atoms with van der Waals surface area (Å²) in [4.78, 5) is 5.13. The van der Waals surface area contributed by atoms with E-state index in [1.807, 2.05) is 11.8 Å². The van der Waals surface area contributed by atoms with Gasteiger partial charge in [-0.25, -0.2) is 0 Å². The molecule has 2 saturated heterocycles. The molecule has 6 heteroatoms. The van der Waals surface area contributed by atoms with Crippen molar-refractivity contribution in [2.45, 2.75) is 50.6 Å². The third-order valence-electron chi connectivity index (χ3n) is 5.54. The number of likely N-dealkylation sites (tertiary alicyclic amines) is 2. The summed E-state index contributed by atoms with van der Waals surface area (Å²) in [5.41, 5.74) is 1.46. The molecule has 140 valence electrons. The predicted octanol–water partition coefficient (Wildman–Crippen LogP) is 3.15. The Morgan fingerprint density at radius 1 is 1.16 bits per heavy atom. The van der Waals surface area contributed by atoms with E-state index < -0.39 is 0 Å². The van der Waals surface area contributed by atoms with Gasteiger partial charge in [0.05, 0.1) is 0 Å². The molecule has 0 spiro atoms. The molecule has 5 nitrogen and oxygen atoms in total. The Balaban J connectivity index is 1.54. The molecule has 2 aliphatic heterocycles. The molecule has 2 aliphatic rings. The number of hydrogen-bond acceptors (Lipinski definition) is 5. The van der Waals surface area contributed by atoms with Gasteiger partial charge in [-0.15, -0.1) is 10.2 Å². The summed E-state index contributed by atoms with van der Waals surface area (Å²) >= 11 is 1.86. The molecule has 0 saturated carbocycles. The molecule has 0 N–H and O–H groups in total. The lowest BCUT2D eigenvalue weighted by molar-refractivity contribution is 0.217. The van der Waals surface area contributed by atoms with Crippen molar-refractivity contribution in [2.24, 2.45) is 7.05 Å². The highest BCUT2D eigenvalue weighted by Crippen LogP contribution is 2.28. The van der Waals surface area contributed by atoms with Gasteiger partial charge in [-0.3, -0.25) is 4.90 Å². The lowest BCUT2D eigenvalue weighted by Crippen LogP contribution is -2.36. The molecular weight excluding hydrogens is 330 g/mol. The van der Waals surface area contributed by atoms with Crippen LogP contribution in [0.25, 0.3) is 0 Å². The molecule has 1 atom stereocenters. The van der Waals surface area contributed by atoms with E-state index in [4.69, 9.17) is 0 Å². The smallest absolute Gasteiger partial charge is 0.191 e. The highest BCUT2D eigenvalue weighted by molar-refractivity contribution is 7.99. The van der Waals surface area contributed by atoms with Gasteiger partial charge in [0.15, 0.2) is 5.16 Å². The van der Waals surface area contributed by atoms with Crippen molar-refractivity contribution in [1.82, 2.24) is 24.6 Å². The molecule has 1 unspecified atom stereocenters. The van der Waals surface area contributed by atoms with Crippen LogP contribution in [-0.2, 0) is 7.05 Å². The molecule has 1 aromatic heterocycles. The van der Waals surface area contributed by atoms with Crippen molar-refractivity contribution in [3.05, 3.63) is 17.5 Å². The van der Waals surface area contributed by atoms with Crippen molar-refractivity contribution in [2.75, 3.05) is 45.0 Å². The Morgan fingerprint density at radius 3 is 2.68 bits per heavy atom. The Morgan fingerprint density at radius 2 is 1.92 bits per heavy atom. The van der Waals surface area contributed by atoms with E-state index in [1.54, 1.807) is 0 Å². The van der Waals surface area contributed by atoms with Crippen molar-refractivity contribution >= 4 is 11.8 Å². The molecule has 25 heavy (non-hydrogen) atoms. The van der Waals surface area contributed by atoms with Gasteiger partial charge in [0.25, 0.3) is 0 Å². The second-order valence-corrected chi connectivity index (χ2v) is 8.57. The fourth-order valence-electron chi connectivity index (χ4n) is 3.93. The lowest BCUT2D eigenvalue weighted by atomic mass is 9.97. The summed E-state index contributed by atoms with van der Waals surface area (Å²) < 4.78 is 2.24. The Bertz CT molecular complexity index is 576. The SMILES string of the molecule is CC=C(C)CN1CCCC(c2nnc(SCCN3CCCC3)n2C)C1. The minimum absolute atomic E-state index is 0.517. The van der Waals surface area contributed by atoms with Crippen LogP contribution in [-0.4, -0.2) is 69.6 Å². The second-order valence-electron chi connectivity index (χ2n) is 7.51. The fraction of sp³-hybridized carbons (Fsp3) is 0.789. The maximum atomic E-state index is 4.56. The van der Waals surface area contributed by atoms with Crippen LogP contribution >= 0.6 is 11.8 Å². The molecule has 0 aliphatic carbocycles. The molecule has 0 amide bonds. The number of piperidine rings is 1. The normalized spacial score (nSPS) is 23.5. The van der Waals surface area contributed by atoms with Crippen LogP contribution in [0, 0.1) is 0 Å². The van der Waals surface area contributed by atoms with E-state index in [1.165, 1.54) is 63.3 Å². The van der Waals surface area contributed by atoms with E-state index in [9.17, 15) is 0 Å². The highest BCUT2D eigenvalue weighted by Gasteiger charge is 2.26. The zero-order chi connectivity index (χ0) is 17.6. The van der Waals surface area contributed by atoms with Gasteiger partial charge in [-0.1, -0.05) is 23.4 Å². The minimum Gasteiger partial charge on any atom is -0.309 e. The largest absolute Gasteiger partial charge is 0.309 e. The van der Waals surface area contributed by atoms with E-state index in [2.05, 4.69) is 51.5 Å². The summed E-state index contributed by atoms with van der Waals surface area (Å²) in [6.45, 7) is 11.5. The number of aromatic nitrogens is 3. The van der Waals surface area contributed by atoms with E-state index in [0.717, 1.165) is 24.0 Å². The van der Waals surface area contributed by atoms with Gasteiger partial charge in [-0.2, -0.15) is 0 Å². The van der Waals surface area contributed by atoms with Gasteiger partial charge in [-0.05, 0) is 59.2 Å². The van der Waals surface area contributed by atoms with Crippen molar-refractivity contribution in [1.29, 1.82) is 0 Å².